The molecule has 7 heteroatoms. The molecule has 0 spiro atoms. The fraction of sp³-hybridized carbons (Fsp3) is 0.438. The largest absolute Gasteiger partial charge is 0.492 e. The number of ether oxygens (including phenoxy) is 2. The van der Waals surface area contributed by atoms with E-state index in [0.717, 1.165) is 41.9 Å². The van der Waals surface area contributed by atoms with E-state index in [-0.39, 0.29) is 12.0 Å². The number of esters is 1. The molecule has 206 valence electrons. The fourth-order valence-corrected chi connectivity index (χ4v) is 5.72. The Kier molecular flexibility index (Phi) is 7.80. The molecular weight excluding hydrogens is 490 g/mol. The average molecular weight is 530 g/mol. The number of likely N-dealkylation sites (tertiary alicyclic amines) is 1. The van der Waals surface area contributed by atoms with Crippen molar-refractivity contribution in [2.45, 2.75) is 58.5 Å². The Balaban J connectivity index is 1.39. The van der Waals surface area contributed by atoms with Crippen LogP contribution in [0.2, 0.25) is 0 Å². The molecule has 5 rings (SSSR count). The van der Waals surface area contributed by atoms with Gasteiger partial charge >= 0.3 is 5.97 Å². The van der Waals surface area contributed by atoms with Gasteiger partial charge in [-0.1, -0.05) is 38.5 Å². The van der Waals surface area contributed by atoms with Crippen LogP contribution in [0.1, 0.15) is 68.6 Å². The number of fused-ring (bicyclic) bond motifs is 3. The van der Waals surface area contributed by atoms with E-state index in [4.69, 9.17) is 9.47 Å². The minimum Gasteiger partial charge on any atom is -0.492 e. The molecule has 1 saturated heterocycles. The second-order valence-corrected chi connectivity index (χ2v) is 11.5. The highest BCUT2D eigenvalue weighted by Gasteiger charge is 2.37. The van der Waals surface area contributed by atoms with Crippen molar-refractivity contribution in [1.29, 1.82) is 0 Å². The summed E-state index contributed by atoms with van der Waals surface area (Å²) in [5.41, 5.74) is 3.13. The number of amides is 1. The number of nitrogens with zero attached hydrogens (tertiary/aromatic N) is 2. The van der Waals surface area contributed by atoms with E-state index >= 15 is 0 Å². The SMILES string of the molecule is CC(C)OC(=O)C1=CN(C(=O)c2ccc(OCCN3CCCCC3)cc2)CC(C)(C)c2c1[nH]c1ccccc21. The standard InChI is InChI=1S/C32H39N3O4/c1-22(2)39-31(37)26-20-35(21-32(3,4)28-25-10-6-7-11-27(25)33-29(26)28)30(36)23-12-14-24(15-13-23)38-19-18-34-16-8-5-9-17-34/h6-7,10-15,20,22,33H,5,8-9,16-19,21H2,1-4H3. The number of aromatic nitrogens is 1. The van der Waals surface area contributed by atoms with Crippen LogP contribution in [0.4, 0.5) is 0 Å². The molecule has 1 N–H and O–H groups in total. The first kappa shape index (κ1) is 27.0. The lowest BCUT2D eigenvalue weighted by Gasteiger charge is -2.29. The lowest BCUT2D eigenvalue weighted by molar-refractivity contribution is -0.140. The molecule has 3 aromatic rings. The lowest BCUT2D eigenvalue weighted by Crippen LogP contribution is -2.37. The lowest BCUT2D eigenvalue weighted by atomic mass is 9.81. The van der Waals surface area contributed by atoms with Gasteiger partial charge < -0.3 is 19.4 Å². The smallest absolute Gasteiger partial charge is 0.342 e. The Morgan fingerprint density at radius 1 is 1.00 bits per heavy atom. The molecule has 2 aromatic carbocycles. The molecule has 0 saturated carbocycles. The number of nitrogens with one attached hydrogen (secondary N) is 1. The highest BCUT2D eigenvalue weighted by Crippen LogP contribution is 2.40. The molecule has 1 aromatic heterocycles. The summed E-state index contributed by atoms with van der Waals surface area (Å²) in [4.78, 5) is 34.6. The van der Waals surface area contributed by atoms with Crippen molar-refractivity contribution in [3.05, 3.63) is 71.6 Å². The number of hydrogen-bond donors (Lipinski definition) is 1. The molecule has 0 unspecified atom stereocenters. The van der Waals surface area contributed by atoms with Gasteiger partial charge in [0.05, 0.1) is 17.4 Å². The van der Waals surface area contributed by atoms with Gasteiger partial charge in [-0.25, -0.2) is 4.79 Å². The maximum absolute atomic E-state index is 13.8. The zero-order valence-electron chi connectivity index (χ0n) is 23.5. The van der Waals surface area contributed by atoms with E-state index < -0.39 is 11.4 Å². The first-order chi connectivity index (χ1) is 18.7. The molecule has 0 atom stereocenters. The van der Waals surface area contributed by atoms with Crippen LogP contribution in [0, 0.1) is 0 Å². The van der Waals surface area contributed by atoms with Crippen LogP contribution in [0.25, 0.3) is 16.5 Å². The van der Waals surface area contributed by atoms with Crippen molar-refractivity contribution in [2.75, 3.05) is 32.8 Å². The van der Waals surface area contributed by atoms with Gasteiger partial charge in [0.1, 0.15) is 12.4 Å². The topological polar surface area (TPSA) is 74.9 Å². The molecule has 0 aliphatic carbocycles. The van der Waals surface area contributed by atoms with Crippen LogP contribution in [0.15, 0.2) is 54.7 Å². The van der Waals surface area contributed by atoms with Crippen LogP contribution in [-0.2, 0) is 14.9 Å². The van der Waals surface area contributed by atoms with Crippen molar-refractivity contribution in [3.8, 4) is 5.75 Å². The predicted octanol–water partition coefficient (Wildman–Crippen LogP) is 5.76. The number of carbonyl (C=O) groups is 2. The molecule has 7 nitrogen and oxygen atoms in total. The van der Waals surface area contributed by atoms with Crippen molar-refractivity contribution in [2.24, 2.45) is 0 Å². The number of aromatic amines is 1. The zero-order valence-corrected chi connectivity index (χ0v) is 23.5. The van der Waals surface area contributed by atoms with Crippen molar-refractivity contribution < 1.29 is 19.1 Å². The summed E-state index contributed by atoms with van der Waals surface area (Å²) in [6, 6.07) is 15.3. The summed E-state index contributed by atoms with van der Waals surface area (Å²) in [5, 5.41) is 1.04. The van der Waals surface area contributed by atoms with Gasteiger partial charge in [-0.2, -0.15) is 0 Å². The van der Waals surface area contributed by atoms with Crippen LogP contribution < -0.4 is 4.74 Å². The third-order valence-corrected chi connectivity index (χ3v) is 7.55. The van der Waals surface area contributed by atoms with Gasteiger partial charge in [0.25, 0.3) is 5.91 Å². The summed E-state index contributed by atoms with van der Waals surface area (Å²) in [7, 11) is 0. The summed E-state index contributed by atoms with van der Waals surface area (Å²) in [6.07, 6.45) is 5.21. The molecule has 39 heavy (non-hydrogen) atoms. The normalized spacial score (nSPS) is 17.5. The van der Waals surface area contributed by atoms with Gasteiger partial charge in [0.2, 0.25) is 0 Å². The van der Waals surface area contributed by atoms with Crippen molar-refractivity contribution >= 4 is 28.4 Å². The fourth-order valence-electron chi connectivity index (χ4n) is 5.72. The van der Waals surface area contributed by atoms with E-state index in [9.17, 15) is 9.59 Å². The highest BCUT2D eigenvalue weighted by atomic mass is 16.5. The summed E-state index contributed by atoms with van der Waals surface area (Å²) >= 11 is 0. The minimum absolute atomic E-state index is 0.174. The molecule has 1 fully saturated rings. The van der Waals surface area contributed by atoms with E-state index in [1.165, 1.54) is 19.3 Å². The number of hydrogen-bond acceptors (Lipinski definition) is 5. The highest BCUT2D eigenvalue weighted by molar-refractivity contribution is 6.18. The number of H-pyrrole nitrogens is 1. The second kappa shape index (κ2) is 11.3. The first-order valence-corrected chi connectivity index (χ1v) is 14.0. The maximum atomic E-state index is 13.8. The average Bonchev–Trinajstić information content (AvgIpc) is 3.26. The molecule has 1 amide bonds. The Morgan fingerprint density at radius 2 is 1.72 bits per heavy atom. The molecule has 2 aliphatic rings. The Labute approximate surface area is 230 Å². The predicted molar refractivity (Wildman–Crippen MR) is 154 cm³/mol. The summed E-state index contributed by atoms with van der Waals surface area (Å²) in [6.45, 7) is 12.1. The first-order valence-electron chi connectivity index (χ1n) is 14.0. The Morgan fingerprint density at radius 3 is 2.44 bits per heavy atom. The van der Waals surface area contributed by atoms with E-state index in [2.05, 4.69) is 29.8 Å². The van der Waals surface area contributed by atoms with E-state index in [1.54, 1.807) is 23.2 Å². The Hall–Kier alpha value is -3.58. The number of rotatable bonds is 7. The van der Waals surface area contributed by atoms with Gasteiger partial charge in [0, 0.05) is 41.2 Å². The van der Waals surface area contributed by atoms with Gasteiger partial charge in [-0.3, -0.25) is 9.69 Å². The maximum Gasteiger partial charge on any atom is 0.342 e. The summed E-state index contributed by atoms with van der Waals surface area (Å²) < 4.78 is 11.6. The number of benzene rings is 2. The zero-order chi connectivity index (χ0) is 27.6. The molecule has 2 aliphatic heterocycles. The molecule has 0 radical (unpaired) electrons. The van der Waals surface area contributed by atoms with Crippen LogP contribution in [0.3, 0.4) is 0 Å². The van der Waals surface area contributed by atoms with Gasteiger partial charge in [0.15, 0.2) is 0 Å². The quantitative estimate of drug-likeness (QED) is 0.394. The van der Waals surface area contributed by atoms with Gasteiger partial charge in [-0.15, -0.1) is 0 Å². The molecule has 0 bridgehead atoms. The third kappa shape index (κ3) is 5.88. The van der Waals surface area contributed by atoms with E-state index in [1.807, 2.05) is 44.2 Å². The van der Waals surface area contributed by atoms with Crippen LogP contribution in [0.5, 0.6) is 5.75 Å². The second-order valence-electron chi connectivity index (χ2n) is 11.5. The van der Waals surface area contributed by atoms with Gasteiger partial charge in [-0.05, 0) is 75.7 Å². The van der Waals surface area contributed by atoms with Crippen LogP contribution in [-0.4, -0.2) is 65.6 Å². The summed E-state index contributed by atoms with van der Waals surface area (Å²) in [5.74, 6) is 0.121. The number of carbonyl (C=O) groups excluding carboxylic acids is 2. The minimum atomic E-state index is -0.453. The van der Waals surface area contributed by atoms with Crippen molar-refractivity contribution in [3.63, 3.8) is 0 Å². The van der Waals surface area contributed by atoms with E-state index in [0.29, 0.717) is 30.0 Å². The molecule has 3 heterocycles. The van der Waals surface area contributed by atoms with Crippen LogP contribution >= 0.6 is 0 Å². The monoisotopic (exact) mass is 529 g/mol. The Bertz CT molecular complexity index is 1360. The third-order valence-electron chi connectivity index (χ3n) is 7.55. The van der Waals surface area contributed by atoms with Crippen molar-refractivity contribution in [1.82, 2.24) is 14.8 Å². The number of para-hydroxylation sites is 1. The number of piperidine rings is 1. The molecular formula is C32H39N3O4.